The minimum Gasteiger partial charge on any atom is -0.497 e. The van der Waals surface area contributed by atoms with E-state index in [1.807, 2.05) is 54.6 Å². The van der Waals surface area contributed by atoms with Crippen molar-refractivity contribution in [2.24, 2.45) is 0 Å². The summed E-state index contributed by atoms with van der Waals surface area (Å²) in [4.78, 5) is 25.5. The zero-order chi connectivity index (χ0) is 20.6. The molecular formula is C21H22N4O4. The number of esters is 1. The van der Waals surface area contributed by atoms with Crippen molar-refractivity contribution < 1.29 is 19.1 Å². The van der Waals surface area contributed by atoms with Gasteiger partial charge in [0.15, 0.2) is 12.3 Å². The Morgan fingerprint density at radius 2 is 1.76 bits per heavy atom. The summed E-state index contributed by atoms with van der Waals surface area (Å²) in [7, 11) is 1.61. The lowest BCUT2D eigenvalue weighted by molar-refractivity contribution is -0.124. The zero-order valence-electron chi connectivity index (χ0n) is 16.3. The van der Waals surface area contributed by atoms with E-state index in [1.54, 1.807) is 14.0 Å². The van der Waals surface area contributed by atoms with Gasteiger partial charge in [-0.3, -0.25) is 4.79 Å². The molecule has 150 valence electrons. The number of rotatable bonds is 8. The first kappa shape index (κ1) is 20.1. The van der Waals surface area contributed by atoms with Crippen LogP contribution in [-0.2, 0) is 16.0 Å². The Kier molecular flexibility index (Phi) is 6.57. The normalized spacial score (nSPS) is 10.4. The van der Waals surface area contributed by atoms with Gasteiger partial charge in [0.1, 0.15) is 5.75 Å². The molecule has 0 aliphatic carbocycles. The molecule has 1 N–H and O–H groups in total. The second-order valence-electron chi connectivity index (χ2n) is 6.28. The minimum absolute atomic E-state index is 0.0832. The van der Waals surface area contributed by atoms with Gasteiger partial charge in [-0.2, -0.15) is 9.90 Å². The van der Waals surface area contributed by atoms with Crippen LogP contribution >= 0.6 is 0 Å². The smallest absolute Gasteiger partial charge is 0.361 e. The van der Waals surface area contributed by atoms with Crippen molar-refractivity contribution in [3.05, 3.63) is 71.5 Å². The van der Waals surface area contributed by atoms with Gasteiger partial charge in [0.2, 0.25) is 0 Å². The highest BCUT2D eigenvalue weighted by Gasteiger charge is 2.18. The summed E-state index contributed by atoms with van der Waals surface area (Å²) >= 11 is 0. The van der Waals surface area contributed by atoms with Gasteiger partial charge in [0.25, 0.3) is 5.91 Å². The van der Waals surface area contributed by atoms with E-state index in [-0.39, 0.29) is 18.2 Å². The van der Waals surface area contributed by atoms with E-state index >= 15 is 0 Å². The van der Waals surface area contributed by atoms with Crippen LogP contribution in [0.2, 0.25) is 0 Å². The van der Waals surface area contributed by atoms with Gasteiger partial charge in [-0.25, -0.2) is 4.79 Å². The number of nitrogens with zero attached hydrogens (tertiary/aromatic N) is 3. The van der Waals surface area contributed by atoms with E-state index in [2.05, 4.69) is 15.5 Å². The molecule has 0 atom stereocenters. The summed E-state index contributed by atoms with van der Waals surface area (Å²) < 4.78 is 10.2. The number of hydrogen-bond acceptors (Lipinski definition) is 6. The molecule has 0 bridgehead atoms. The fraction of sp³-hybridized carbons (Fsp3) is 0.238. The van der Waals surface area contributed by atoms with E-state index in [9.17, 15) is 9.59 Å². The average Bonchev–Trinajstić information content (AvgIpc) is 3.15. The first-order valence-corrected chi connectivity index (χ1v) is 9.13. The third-order valence-corrected chi connectivity index (χ3v) is 4.19. The minimum atomic E-state index is -0.685. The van der Waals surface area contributed by atoms with Crippen LogP contribution in [0.1, 0.15) is 21.7 Å². The Bertz CT molecular complexity index is 968. The number of aromatic nitrogens is 3. The van der Waals surface area contributed by atoms with E-state index in [0.29, 0.717) is 18.7 Å². The number of benzene rings is 2. The molecule has 0 radical (unpaired) electrons. The topological polar surface area (TPSA) is 95.3 Å². The van der Waals surface area contributed by atoms with Crippen LogP contribution in [0.3, 0.4) is 0 Å². The zero-order valence-corrected chi connectivity index (χ0v) is 16.3. The Labute approximate surface area is 168 Å². The molecule has 0 unspecified atom stereocenters. The molecular weight excluding hydrogens is 372 g/mol. The highest BCUT2D eigenvalue weighted by Crippen LogP contribution is 2.11. The fourth-order valence-electron chi connectivity index (χ4n) is 2.63. The second kappa shape index (κ2) is 9.50. The van der Waals surface area contributed by atoms with Gasteiger partial charge in [-0.1, -0.05) is 30.3 Å². The monoisotopic (exact) mass is 394 g/mol. The average molecular weight is 394 g/mol. The molecule has 0 fully saturated rings. The molecule has 3 aromatic rings. The predicted molar refractivity (Wildman–Crippen MR) is 106 cm³/mol. The Balaban J connectivity index is 1.46. The van der Waals surface area contributed by atoms with Crippen molar-refractivity contribution in [1.82, 2.24) is 20.3 Å². The third kappa shape index (κ3) is 5.41. The van der Waals surface area contributed by atoms with E-state index in [4.69, 9.17) is 9.47 Å². The van der Waals surface area contributed by atoms with Gasteiger partial charge in [-0.15, -0.1) is 5.10 Å². The summed E-state index contributed by atoms with van der Waals surface area (Å²) in [5, 5.41) is 11.1. The quantitative estimate of drug-likeness (QED) is 0.588. The first-order valence-electron chi connectivity index (χ1n) is 9.13. The largest absolute Gasteiger partial charge is 0.497 e. The van der Waals surface area contributed by atoms with Crippen LogP contribution < -0.4 is 10.1 Å². The maximum Gasteiger partial charge on any atom is 0.361 e. The van der Waals surface area contributed by atoms with Crippen molar-refractivity contribution in [2.75, 3.05) is 20.3 Å². The third-order valence-electron chi connectivity index (χ3n) is 4.19. The molecule has 3 rings (SSSR count). The Hall–Kier alpha value is -3.68. The molecule has 2 aromatic carbocycles. The maximum atomic E-state index is 12.2. The summed E-state index contributed by atoms with van der Waals surface area (Å²) in [5.74, 6) is -0.279. The maximum absolute atomic E-state index is 12.2. The fourth-order valence-corrected chi connectivity index (χ4v) is 2.63. The van der Waals surface area contributed by atoms with Crippen molar-refractivity contribution >= 4 is 11.9 Å². The second-order valence-corrected chi connectivity index (χ2v) is 6.28. The van der Waals surface area contributed by atoms with Crippen LogP contribution in [0.15, 0.2) is 54.6 Å². The van der Waals surface area contributed by atoms with Crippen molar-refractivity contribution in [3.8, 4) is 11.4 Å². The summed E-state index contributed by atoms with van der Waals surface area (Å²) in [6.07, 6.45) is 0.661. The van der Waals surface area contributed by atoms with Crippen molar-refractivity contribution in [3.63, 3.8) is 0 Å². The molecule has 29 heavy (non-hydrogen) atoms. The van der Waals surface area contributed by atoms with Gasteiger partial charge < -0.3 is 14.8 Å². The predicted octanol–water partition coefficient (Wildman–Crippen LogP) is 2.10. The van der Waals surface area contributed by atoms with Crippen molar-refractivity contribution in [2.45, 2.75) is 13.3 Å². The van der Waals surface area contributed by atoms with Gasteiger partial charge in [-0.05, 0) is 43.2 Å². The number of methoxy groups -OCH3 is 1. The first-order chi connectivity index (χ1) is 14.1. The van der Waals surface area contributed by atoms with E-state index in [0.717, 1.165) is 17.0 Å². The van der Waals surface area contributed by atoms with Crippen LogP contribution in [0, 0.1) is 6.92 Å². The standard InChI is InChI=1S/C21H22N4O4/c1-15-20(24-25(23-15)17-6-4-3-5-7-17)21(27)29-14-19(26)22-13-12-16-8-10-18(28-2)11-9-16/h3-11H,12-14H2,1-2H3,(H,22,26). The Morgan fingerprint density at radius 3 is 2.45 bits per heavy atom. The highest BCUT2D eigenvalue weighted by atomic mass is 16.5. The molecule has 8 nitrogen and oxygen atoms in total. The molecule has 1 amide bonds. The van der Waals surface area contributed by atoms with Gasteiger partial charge in [0, 0.05) is 6.54 Å². The molecule has 8 heteroatoms. The number of aryl methyl sites for hydroxylation is 1. The molecule has 1 heterocycles. The number of carbonyl (C=O) groups is 2. The molecule has 1 aromatic heterocycles. The number of para-hydroxylation sites is 1. The van der Waals surface area contributed by atoms with E-state index < -0.39 is 5.97 Å². The number of amides is 1. The molecule has 0 saturated carbocycles. The lowest BCUT2D eigenvalue weighted by Gasteiger charge is -2.07. The number of ether oxygens (including phenoxy) is 2. The van der Waals surface area contributed by atoms with Crippen LogP contribution in [0.4, 0.5) is 0 Å². The highest BCUT2D eigenvalue weighted by molar-refractivity contribution is 5.90. The van der Waals surface area contributed by atoms with Gasteiger partial charge in [0.05, 0.1) is 18.5 Å². The van der Waals surface area contributed by atoms with Crippen LogP contribution in [0.25, 0.3) is 5.69 Å². The number of nitrogens with one attached hydrogen (secondary N) is 1. The molecule has 0 aliphatic heterocycles. The van der Waals surface area contributed by atoms with Gasteiger partial charge >= 0.3 is 5.97 Å². The number of carbonyl (C=O) groups excluding carboxylic acids is 2. The molecule has 0 saturated heterocycles. The number of hydrogen-bond donors (Lipinski definition) is 1. The lowest BCUT2D eigenvalue weighted by Crippen LogP contribution is -2.30. The molecule has 0 spiro atoms. The summed E-state index contributed by atoms with van der Waals surface area (Å²) in [5.41, 5.74) is 2.31. The van der Waals surface area contributed by atoms with Crippen molar-refractivity contribution in [1.29, 1.82) is 0 Å². The SMILES string of the molecule is COc1ccc(CCNC(=O)COC(=O)c2nn(-c3ccccc3)nc2C)cc1. The molecule has 0 aliphatic rings. The van der Waals surface area contributed by atoms with Crippen LogP contribution in [-0.4, -0.2) is 47.1 Å². The summed E-state index contributed by atoms with van der Waals surface area (Å²) in [6, 6.07) is 16.8. The van der Waals surface area contributed by atoms with E-state index in [1.165, 1.54) is 4.80 Å². The Morgan fingerprint density at radius 1 is 1.03 bits per heavy atom. The lowest BCUT2D eigenvalue weighted by atomic mass is 10.1. The van der Waals surface area contributed by atoms with Crippen LogP contribution in [0.5, 0.6) is 5.75 Å². The summed E-state index contributed by atoms with van der Waals surface area (Å²) in [6.45, 7) is 1.73.